The number of hydrogen-bond acceptors (Lipinski definition) is 7. The molecule has 4 aromatic rings. The Hall–Kier alpha value is -4.44. The smallest absolute Gasteiger partial charge is 0.337 e. The van der Waals surface area contributed by atoms with Crippen LogP contribution in [-0.2, 0) is 4.74 Å². The lowest BCUT2D eigenvalue weighted by atomic mass is 10.1. The van der Waals surface area contributed by atoms with Gasteiger partial charge in [0, 0.05) is 41.9 Å². The molecule has 0 aliphatic carbocycles. The number of carboxylic acid groups (broad SMARTS) is 1. The summed E-state index contributed by atoms with van der Waals surface area (Å²) in [5.41, 5.74) is 5.14. The lowest BCUT2D eigenvalue weighted by molar-refractivity contribution is 0.0696. The number of benzene rings is 2. The standard InChI is InChI=1S/C26H26N6O4/c1-16-6-7-19(29-25(33)18-4-3-5-20(12-18)31-8-10-36-11-9-31)13-22(16)30-24-23-17(2)21(26(34)35)14-32(23)28-15-27-24/h3-7,12-15H,8-11H2,1-2H3,(H,29,33)(H,34,35)(H,27,28,30). The molecule has 0 saturated carbocycles. The fourth-order valence-electron chi connectivity index (χ4n) is 4.30. The first kappa shape index (κ1) is 23.3. The zero-order valence-electron chi connectivity index (χ0n) is 20.0. The molecule has 0 spiro atoms. The van der Waals surface area contributed by atoms with Crippen LogP contribution in [0.1, 0.15) is 31.8 Å². The fourth-order valence-corrected chi connectivity index (χ4v) is 4.30. The van der Waals surface area contributed by atoms with Crippen LogP contribution in [-0.4, -0.2) is 57.9 Å². The predicted octanol–water partition coefficient (Wildman–Crippen LogP) is 3.88. The molecule has 5 rings (SSSR count). The molecule has 1 aliphatic rings. The molecule has 2 aromatic carbocycles. The second-order valence-corrected chi connectivity index (χ2v) is 8.63. The van der Waals surface area contributed by atoms with Crippen molar-refractivity contribution in [1.29, 1.82) is 0 Å². The third kappa shape index (κ3) is 4.58. The van der Waals surface area contributed by atoms with E-state index in [0.717, 1.165) is 30.0 Å². The van der Waals surface area contributed by atoms with E-state index >= 15 is 0 Å². The SMILES string of the molecule is Cc1ccc(NC(=O)c2cccc(N3CCOCC3)c2)cc1Nc1ncnn2cc(C(=O)O)c(C)c12. The number of carbonyl (C=O) groups excluding carboxylic acids is 1. The normalized spacial score (nSPS) is 13.6. The molecule has 184 valence electrons. The Bertz CT molecular complexity index is 1460. The van der Waals surface area contributed by atoms with Crippen molar-refractivity contribution in [2.24, 2.45) is 0 Å². The number of ether oxygens (including phenoxy) is 1. The van der Waals surface area contributed by atoms with Crippen molar-refractivity contribution in [3.05, 3.63) is 77.2 Å². The van der Waals surface area contributed by atoms with Gasteiger partial charge in [0.1, 0.15) is 11.8 Å². The highest BCUT2D eigenvalue weighted by molar-refractivity contribution is 6.05. The number of amides is 1. The Morgan fingerprint density at radius 2 is 1.89 bits per heavy atom. The molecule has 0 unspecified atom stereocenters. The Kier molecular flexibility index (Phi) is 6.26. The van der Waals surface area contributed by atoms with E-state index in [9.17, 15) is 14.7 Å². The lowest BCUT2D eigenvalue weighted by Gasteiger charge is -2.29. The summed E-state index contributed by atoms with van der Waals surface area (Å²) >= 11 is 0. The third-order valence-electron chi connectivity index (χ3n) is 6.29. The lowest BCUT2D eigenvalue weighted by Crippen LogP contribution is -2.36. The van der Waals surface area contributed by atoms with E-state index < -0.39 is 5.97 Å². The van der Waals surface area contributed by atoms with Crippen LogP contribution in [0.4, 0.5) is 22.9 Å². The topological polar surface area (TPSA) is 121 Å². The summed E-state index contributed by atoms with van der Waals surface area (Å²) in [7, 11) is 0. The van der Waals surface area contributed by atoms with Crippen LogP contribution in [0.15, 0.2) is 55.0 Å². The average molecular weight is 487 g/mol. The summed E-state index contributed by atoms with van der Waals surface area (Å²) in [5, 5.41) is 19.9. The maximum atomic E-state index is 13.0. The molecule has 3 heterocycles. The van der Waals surface area contributed by atoms with Crippen molar-refractivity contribution < 1.29 is 19.4 Å². The Labute approximate surface area is 207 Å². The van der Waals surface area contributed by atoms with Crippen LogP contribution in [0.2, 0.25) is 0 Å². The maximum absolute atomic E-state index is 13.0. The van der Waals surface area contributed by atoms with Gasteiger partial charge in [0.2, 0.25) is 0 Å². The van der Waals surface area contributed by atoms with Gasteiger partial charge in [-0.1, -0.05) is 12.1 Å². The summed E-state index contributed by atoms with van der Waals surface area (Å²) in [6.07, 6.45) is 2.83. The van der Waals surface area contributed by atoms with E-state index in [1.807, 2.05) is 43.3 Å². The highest BCUT2D eigenvalue weighted by Gasteiger charge is 2.18. The number of aryl methyl sites for hydroxylation is 2. The van der Waals surface area contributed by atoms with Gasteiger partial charge in [-0.2, -0.15) is 5.10 Å². The number of aromatic nitrogens is 3. The molecule has 10 heteroatoms. The van der Waals surface area contributed by atoms with Gasteiger partial charge in [-0.25, -0.2) is 14.3 Å². The number of aromatic carboxylic acids is 1. The summed E-state index contributed by atoms with van der Waals surface area (Å²) in [4.78, 5) is 31.1. The molecular formula is C26H26N6O4. The molecule has 1 aliphatic heterocycles. The number of anilines is 4. The van der Waals surface area contributed by atoms with Gasteiger partial charge in [0.05, 0.1) is 18.8 Å². The minimum Gasteiger partial charge on any atom is -0.478 e. The zero-order valence-corrected chi connectivity index (χ0v) is 20.0. The van der Waals surface area contributed by atoms with Crippen LogP contribution in [0, 0.1) is 13.8 Å². The summed E-state index contributed by atoms with van der Waals surface area (Å²) in [6, 6.07) is 13.1. The van der Waals surface area contributed by atoms with E-state index in [1.54, 1.807) is 13.0 Å². The third-order valence-corrected chi connectivity index (χ3v) is 6.29. The minimum atomic E-state index is -1.03. The van der Waals surface area contributed by atoms with Crippen LogP contribution in [0.3, 0.4) is 0 Å². The first-order valence-electron chi connectivity index (χ1n) is 11.6. The molecular weight excluding hydrogens is 460 g/mol. The molecule has 1 fully saturated rings. The van der Waals surface area contributed by atoms with Crippen LogP contribution in [0.25, 0.3) is 5.52 Å². The molecule has 1 saturated heterocycles. The summed E-state index contributed by atoms with van der Waals surface area (Å²) in [5.74, 6) is -0.764. The number of carboxylic acids is 1. The monoisotopic (exact) mass is 486 g/mol. The average Bonchev–Trinajstić information content (AvgIpc) is 3.24. The largest absolute Gasteiger partial charge is 0.478 e. The number of fused-ring (bicyclic) bond motifs is 1. The second kappa shape index (κ2) is 9.67. The van der Waals surface area contributed by atoms with Gasteiger partial charge in [-0.05, 0) is 55.3 Å². The zero-order chi connectivity index (χ0) is 25.2. The van der Waals surface area contributed by atoms with Gasteiger partial charge in [0.15, 0.2) is 5.82 Å². The van der Waals surface area contributed by atoms with Gasteiger partial charge >= 0.3 is 5.97 Å². The first-order valence-corrected chi connectivity index (χ1v) is 11.6. The molecule has 10 nitrogen and oxygen atoms in total. The Morgan fingerprint density at radius 1 is 1.08 bits per heavy atom. The number of morpholine rings is 1. The number of carbonyl (C=O) groups is 2. The van der Waals surface area contributed by atoms with Crippen molar-refractivity contribution in [2.75, 3.05) is 41.8 Å². The van der Waals surface area contributed by atoms with E-state index in [2.05, 4.69) is 25.6 Å². The quantitative estimate of drug-likeness (QED) is 0.376. The molecule has 2 aromatic heterocycles. The van der Waals surface area contributed by atoms with Gasteiger partial charge < -0.3 is 25.4 Å². The number of rotatable bonds is 6. The van der Waals surface area contributed by atoms with Gasteiger partial charge in [-0.15, -0.1) is 0 Å². The van der Waals surface area contributed by atoms with Gasteiger partial charge in [0.25, 0.3) is 5.91 Å². The molecule has 3 N–H and O–H groups in total. The van der Waals surface area contributed by atoms with E-state index in [1.165, 1.54) is 17.0 Å². The van der Waals surface area contributed by atoms with Crippen LogP contribution >= 0.6 is 0 Å². The highest BCUT2D eigenvalue weighted by Crippen LogP contribution is 2.29. The van der Waals surface area contributed by atoms with E-state index in [0.29, 0.717) is 41.4 Å². The molecule has 36 heavy (non-hydrogen) atoms. The minimum absolute atomic E-state index is 0.163. The van der Waals surface area contributed by atoms with E-state index in [-0.39, 0.29) is 11.5 Å². The first-order chi connectivity index (χ1) is 17.4. The molecule has 1 amide bonds. The second-order valence-electron chi connectivity index (χ2n) is 8.63. The maximum Gasteiger partial charge on any atom is 0.337 e. The molecule has 0 radical (unpaired) electrons. The highest BCUT2D eigenvalue weighted by atomic mass is 16.5. The number of nitrogens with zero attached hydrogens (tertiary/aromatic N) is 4. The van der Waals surface area contributed by atoms with E-state index in [4.69, 9.17) is 4.74 Å². The van der Waals surface area contributed by atoms with Crippen LogP contribution in [0.5, 0.6) is 0 Å². The molecule has 0 bridgehead atoms. The Balaban J connectivity index is 1.38. The van der Waals surface area contributed by atoms with Crippen molar-refractivity contribution in [3.63, 3.8) is 0 Å². The molecule has 0 atom stereocenters. The Morgan fingerprint density at radius 3 is 2.67 bits per heavy atom. The summed E-state index contributed by atoms with van der Waals surface area (Å²) < 4.78 is 6.92. The number of nitrogens with one attached hydrogen (secondary N) is 2. The van der Waals surface area contributed by atoms with Crippen molar-refractivity contribution in [2.45, 2.75) is 13.8 Å². The summed E-state index contributed by atoms with van der Waals surface area (Å²) in [6.45, 7) is 6.60. The van der Waals surface area contributed by atoms with Crippen molar-refractivity contribution >= 4 is 40.3 Å². The number of hydrogen-bond donors (Lipinski definition) is 3. The fraction of sp³-hybridized carbons (Fsp3) is 0.231. The van der Waals surface area contributed by atoms with Crippen LogP contribution < -0.4 is 15.5 Å². The van der Waals surface area contributed by atoms with Crippen molar-refractivity contribution in [1.82, 2.24) is 14.6 Å². The predicted molar refractivity (Wildman–Crippen MR) is 137 cm³/mol. The van der Waals surface area contributed by atoms with Crippen molar-refractivity contribution in [3.8, 4) is 0 Å². The van der Waals surface area contributed by atoms with Gasteiger partial charge in [-0.3, -0.25) is 4.79 Å².